The van der Waals surface area contributed by atoms with Crippen LogP contribution in [0.5, 0.6) is 0 Å². The molecule has 0 atom stereocenters. The lowest BCUT2D eigenvalue weighted by Gasteiger charge is -2.39. The van der Waals surface area contributed by atoms with Gasteiger partial charge in [-0.25, -0.2) is 4.79 Å². The molecule has 0 aromatic heterocycles. The zero-order valence-corrected chi connectivity index (χ0v) is 12.8. The Kier molecular flexibility index (Phi) is 6.88. The van der Waals surface area contributed by atoms with Crippen LogP contribution in [0.2, 0.25) is 0 Å². The van der Waals surface area contributed by atoms with Crippen molar-refractivity contribution in [3.63, 3.8) is 0 Å². The van der Waals surface area contributed by atoms with Crippen molar-refractivity contribution in [2.75, 3.05) is 6.61 Å². The maximum Gasteiger partial charge on any atom is 0.460 e. The first-order chi connectivity index (χ1) is 12.1. The van der Waals surface area contributed by atoms with E-state index in [1.165, 1.54) is 0 Å². The minimum Gasteiger partial charge on any atom is -0.455 e. The summed E-state index contributed by atoms with van der Waals surface area (Å²) < 4.78 is 170. The van der Waals surface area contributed by atoms with E-state index in [1.54, 1.807) is 0 Å². The molecule has 0 amide bonds. The Morgan fingerprint density at radius 2 is 1.11 bits per heavy atom. The zero-order valence-electron chi connectivity index (χ0n) is 12.8. The van der Waals surface area contributed by atoms with Gasteiger partial charge in [0.1, 0.15) is 0 Å². The van der Waals surface area contributed by atoms with Crippen LogP contribution < -0.4 is 0 Å². The Morgan fingerprint density at radius 3 is 1.46 bits per heavy atom. The first kappa shape index (κ1) is 26.0. The fourth-order valence-electron chi connectivity index (χ4n) is 1.42. The molecule has 0 heterocycles. The van der Waals surface area contributed by atoms with Gasteiger partial charge in [-0.3, -0.25) is 4.79 Å². The Balaban J connectivity index is 5.88. The summed E-state index contributed by atoms with van der Waals surface area (Å²) in [6, 6.07) is 0. The van der Waals surface area contributed by atoms with Gasteiger partial charge in [0.05, 0.1) is 6.42 Å². The summed E-state index contributed by atoms with van der Waals surface area (Å²) in [7, 11) is 0. The van der Waals surface area contributed by atoms with E-state index in [2.05, 4.69) is 11.3 Å². The molecule has 3 nitrogen and oxygen atoms in total. The number of carbonyl (C=O) groups is 2. The van der Waals surface area contributed by atoms with Crippen LogP contribution in [0, 0.1) is 0 Å². The molecule has 0 fully saturated rings. The van der Waals surface area contributed by atoms with E-state index in [0.717, 1.165) is 0 Å². The van der Waals surface area contributed by atoms with Gasteiger partial charge in [-0.05, 0) is 0 Å². The van der Waals surface area contributed by atoms with E-state index >= 15 is 0 Å². The minimum absolute atomic E-state index is 0.341. The summed E-state index contributed by atoms with van der Waals surface area (Å²) in [5, 5.41) is 0. The van der Waals surface area contributed by atoms with E-state index in [4.69, 9.17) is 0 Å². The SMILES string of the molecule is C=CC(=O)OCC(=O)CC(F)(F)C(F)(F)C(F)(F)C(F)(F)C(F)(F)C(F)(F)F. The molecule has 0 N–H and O–H groups in total. The van der Waals surface area contributed by atoms with Crippen molar-refractivity contribution in [1.29, 1.82) is 0 Å². The Bertz CT molecular complexity index is 621. The monoisotopic (exact) mass is 446 g/mol. The number of hydrogen-bond donors (Lipinski definition) is 0. The van der Waals surface area contributed by atoms with Crippen molar-refractivity contribution < 1.29 is 71.4 Å². The van der Waals surface area contributed by atoms with Crippen molar-refractivity contribution in [3.8, 4) is 0 Å². The van der Waals surface area contributed by atoms with Crippen LogP contribution in [0.4, 0.5) is 57.1 Å². The predicted molar refractivity (Wildman–Crippen MR) is 61.6 cm³/mol. The van der Waals surface area contributed by atoms with Gasteiger partial charge in [0.25, 0.3) is 0 Å². The van der Waals surface area contributed by atoms with Gasteiger partial charge in [0.2, 0.25) is 0 Å². The molecule has 16 heteroatoms. The standard InChI is InChI=1S/C12H7F13O3/c1-2-6(27)28-4-5(26)3-7(13,14)8(15,16)9(17,18)10(19,20)11(21,22)12(23,24)25/h2H,1,3-4H2. The molecule has 0 unspecified atom stereocenters. The molecule has 0 aromatic rings. The van der Waals surface area contributed by atoms with Gasteiger partial charge in [-0.2, -0.15) is 57.1 Å². The summed E-state index contributed by atoms with van der Waals surface area (Å²) in [6.45, 7) is 0.988. The second kappa shape index (κ2) is 7.42. The van der Waals surface area contributed by atoms with Crippen LogP contribution in [0.3, 0.4) is 0 Å². The summed E-state index contributed by atoms with van der Waals surface area (Å²) >= 11 is 0. The number of halogens is 13. The average Bonchev–Trinajstić information content (AvgIpc) is 2.50. The van der Waals surface area contributed by atoms with Crippen LogP contribution in [0.15, 0.2) is 12.7 Å². The highest BCUT2D eigenvalue weighted by molar-refractivity contribution is 5.86. The largest absolute Gasteiger partial charge is 0.460 e. The molecule has 0 radical (unpaired) electrons. The minimum atomic E-state index is -8.04. The smallest absolute Gasteiger partial charge is 0.455 e. The summed E-state index contributed by atoms with van der Waals surface area (Å²) in [4.78, 5) is 21.5. The van der Waals surface area contributed by atoms with Crippen LogP contribution in [-0.2, 0) is 14.3 Å². The summed E-state index contributed by atoms with van der Waals surface area (Å²) in [5.41, 5.74) is 0. The predicted octanol–water partition coefficient (Wildman–Crippen LogP) is 4.41. The molecular formula is C12H7F13O3. The fraction of sp³-hybridized carbons (Fsp3) is 0.667. The number of ether oxygens (including phenoxy) is 1. The normalized spacial score (nSPS) is 14.6. The number of ketones is 1. The molecular weight excluding hydrogens is 439 g/mol. The Hall–Kier alpha value is -2.03. The molecule has 0 aliphatic carbocycles. The van der Waals surface area contributed by atoms with Crippen LogP contribution in [0.25, 0.3) is 0 Å². The maximum atomic E-state index is 13.3. The van der Waals surface area contributed by atoms with Crippen LogP contribution in [-0.4, -0.2) is 54.1 Å². The molecule has 0 saturated heterocycles. The van der Waals surface area contributed by atoms with Crippen LogP contribution in [0.1, 0.15) is 6.42 Å². The van der Waals surface area contributed by atoms with Crippen molar-refractivity contribution in [2.45, 2.75) is 42.2 Å². The first-order valence-corrected chi connectivity index (χ1v) is 6.37. The van der Waals surface area contributed by atoms with Crippen molar-refractivity contribution in [3.05, 3.63) is 12.7 Å². The lowest BCUT2D eigenvalue weighted by atomic mass is 9.92. The molecule has 0 spiro atoms. The Labute approximate surface area is 146 Å². The molecule has 28 heavy (non-hydrogen) atoms. The van der Waals surface area contributed by atoms with Crippen molar-refractivity contribution >= 4 is 11.8 Å². The van der Waals surface area contributed by atoms with Gasteiger partial charge >= 0.3 is 41.8 Å². The second-order valence-electron chi connectivity index (χ2n) is 5.03. The highest BCUT2D eigenvalue weighted by Crippen LogP contribution is 2.60. The molecule has 0 saturated carbocycles. The Morgan fingerprint density at radius 1 is 0.714 bits per heavy atom. The van der Waals surface area contributed by atoms with Gasteiger partial charge in [-0.15, -0.1) is 0 Å². The summed E-state index contributed by atoms with van der Waals surface area (Å²) in [6.07, 6.45) is -10.2. The van der Waals surface area contributed by atoms with Gasteiger partial charge in [-0.1, -0.05) is 6.58 Å². The number of Topliss-reactive ketones (excluding diaryl/α,β-unsaturated/α-hetero) is 1. The number of alkyl halides is 13. The van der Waals surface area contributed by atoms with E-state index in [-0.39, 0.29) is 0 Å². The number of carbonyl (C=O) groups excluding carboxylic acids is 2. The van der Waals surface area contributed by atoms with E-state index < -0.39 is 60.6 Å². The first-order valence-electron chi connectivity index (χ1n) is 6.37. The lowest BCUT2D eigenvalue weighted by molar-refractivity contribution is -0.439. The quantitative estimate of drug-likeness (QED) is 0.300. The van der Waals surface area contributed by atoms with Gasteiger partial charge in [0.15, 0.2) is 12.4 Å². The number of rotatable bonds is 9. The van der Waals surface area contributed by atoms with Gasteiger partial charge in [0, 0.05) is 6.08 Å². The summed E-state index contributed by atoms with van der Waals surface area (Å²) in [5.74, 6) is -41.7. The lowest BCUT2D eigenvalue weighted by Crippen LogP contribution is -2.70. The topological polar surface area (TPSA) is 43.4 Å². The maximum absolute atomic E-state index is 13.3. The van der Waals surface area contributed by atoms with Gasteiger partial charge < -0.3 is 4.74 Å². The third-order valence-corrected chi connectivity index (χ3v) is 2.96. The molecule has 0 aromatic carbocycles. The van der Waals surface area contributed by atoms with Crippen molar-refractivity contribution in [2.24, 2.45) is 0 Å². The van der Waals surface area contributed by atoms with Crippen LogP contribution >= 0.6 is 0 Å². The van der Waals surface area contributed by atoms with E-state index in [1.807, 2.05) is 0 Å². The van der Waals surface area contributed by atoms with Crippen molar-refractivity contribution in [1.82, 2.24) is 0 Å². The highest BCUT2D eigenvalue weighted by Gasteiger charge is 2.90. The van der Waals surface area contributed by atoms with E-state index in [9.17, 15) is 66.7 Å². The molecule has 164 valence electrons. The molecule has 0 aliphatic heterocycles. The third-order valence-electron chi connectivity index (χ3n) is 2.96. The third kappa shape index (κ3) is 4.19. The molecule has 0 bridgehead atoms. The molecule has 0 rings (SSSR count). The number of hydrogen-bond acceptors (Lipinski definition) is 3. The molecule has 0 aliphatic rings. The fourth-order valence-corrected chi connectivity index (χ4v) is 1.42. The second-order valence-corrected chi connectivity index (χ2v) is 5.03. The highest BCUT2D eigenvalue weighted by atomic mass is 19.4. The number of esters is 1. The van der Waals surface area contributed by atoms with E-state index in [0.29, 0.717) is 6.08 Å². The average molecular weight is 446 g/mol. The zero-order chi connectivity index (χ0) is 23.0.